The van der Waals surface area contributed by atoms with E-state index in [1.807, 2.05) is 24.3 Å². The summed E-state index contributed by atoms with van der Waals surface area (Å²) in [6.45, 7) is 1.80. The molecular weight excluding hydrogens is 248 g/mol. The van der Waals surface area contributed by atoms with Crippen LogP contribution in [0.2, 0.25) is 0 Å². The third kappa shape index (κ3) is 3.46. The van der Waals surface area contributed by atoms with Crippen LogP contribution in [0, 0.1) is 0 Å². The highest BCUT2D eigenvalue weighted by Crippen LogP contribution is 2.25. The highest BCUT2D eigenvalue weighted by molar-refractivity contribution is 7.99. The lowest BCUT2D eigenvalue weighted by atomic mass is 10.3. The minimum atomic E-state index is -0.131. The molecule has 6 heteroatoms. The second-order valence-corrected chi connectivity index (χ2v) is 4.47. The number of carbonyl (C=O) groups excluding carboxylic acids is 1. The molecule has 0 spiro atoms. The molecule has 0 unspecified atom stereocenters. The summed E-state index contributed by atoms with van der Waals surface area (Å²) < 4.78 is 0. The van der Waals surface area contributed by atoms with Crippen LogP contribution in [-0.2, 0) is 4.79 Å². The minimum Gasteiger partial charge on any atom is -0.323 e. The number of aromatic nitrogens is 3. The standard InChI is InChI=1S/C12H12N4OS/c1-2-3-11(17)15-9-4-6-10(7-5-9)18-12-13-8-14-16-12/h2-8H,1H3,(H,15,17)(H,13,14,16). The lowest BCUT2D eigenvalue weighted by Crippen LogP contribution is -2.07. The number of aromatic amines is 1. The van der Waals surface area contributed by atoms with Gasteiger partial charge in [-0.2, -0.15) is 5.10 Å². The number of allylic oxidation sites excluding steroid dienone is 1. The van der Waals surface area contributed by atoms with Crippen molar-refractivity contribution in [2.45, 2.75) is 17.0 Å². The fourth-order valence-electron chi connectivity index (χ4n) is 1.30. The Labute approximate surface area is 109 Å². The van der Waals surface area contributed by atoms with Crippen molar-refractivity contribution < 1.29 is 4.79 Å². The Bertz CT molecular complexity index is 534. The number of carbonyl (C=O) groups is 1. The Hall–Kier alpha value is -2.08. The highest BCUT2D eigenvalue weighted by atomic mass is 32.2. The third-order valence-corrected chi connectivity index (χ3v) is 2.95. The van der Waals surface area contributed by atoms with Crippen LogP contribution >= 0.6 is 11.8 Å². The van der Waals surface area contributed by atoms with E-state index in [0.29, 0.717) is 0 Å². The molecule has 0 aliphatic heterocycles. The molecule has 0 saturated heterocycles. The topological polar surface area (TPSA) is 70.7 Å². The molecule has 1 aromatic carbocycles. The van der Waals surface area contributed by atoms with E-state index in [-0.39, 0.29) is 5.91 Å². The van der Waals surface area contributed by atoms with Crippen LogP contribution in [0.25, 0.3) is 0 Å². The van der Waals surface area contributed by atoms with Crippen molar-refractivity contribution in [1.82, 2.24) is 15.2 Å². The average Bonchev–Trinajstić information content (AvgIpc) is 2.85. The largest absolute Gasteiger partial charge is 0.323 e. The van der Waals surface area contributed by atoms with Crippen molar-refractivity contribution >= 4 is 23.4 Å². The molecule has 0 aliphatic rings. The molecule has 1 aromatic heterocycles. The van der Waals surface area contributed by atoms with Gasteiger partial charge >= 0.3 is 0 Å². The predicted molar refractivity (Wildman–Crippen MR) is 70.4 cm³/mol. The lowest BCUT2D eigenvalue weighted by molar-refractivity contribution is -0.111. The van der Waals surface area contributed by atoms with E-state index >= 15 is 0 Å². The molecule has 0 fully saturated rings. The van der Waals surface area contributed by atoms with Crippen LogP contribution in [0.15, 0.2) is 52.8 Å². The van der Waals surface area contributed by atoms with Crippen molar-refractivity contribution in [2.24, 2.45) is 0 Å². The molecule has 1 heterocycles. The number of nitrogens with one attached hydrogen (secondary N) is 2. The molecule has 0 saturated carbocycles. The third-order valence-electron chi connectivity index (χ3n) is 2.05. The van der Waals surface area contributed by atoms with Gasteiger partial charge in [-0.3, -0.25) is 9.89 Å². The molecule has 0 bridgehead atoms. The van der Waals surface area contributed by atoms with Crippen molar-refractivity contribution in [3.63, 3.8) is 0 Å². The maximum atomic E-state index is 11.3. The SMILES string of the molecule is CC=CC(=O)Nc1ccc(Sc2ncn[nH]2)cc1. The summed E-state index contributed by atoms with van der Waals surface area (Å²) in [5, 5.41) is 10.0. The molecule has 2 aromatic rings. The van der Waals surface area contributed by atoms with Crippen molar-refractivity contribution in [1.29, 1.82) is 0 Å². The van der Waals surface area contributed by atoms with E-state index in [4.69, 9.17) is 0 Å². The zero-order valence-electron chi connectivity index (χ0n) is 9.75. The van der Waals surface area contributed by atoms with E-state index in [2.05, 4.69) is 20.5 Å². The smallest absolute Gasteiger partial charge is 0.248 e. The first-order valence-corrected chi connectivity index (χ1v) is 6.16. The van der Waals surface area contributed by atoms with Gasteiger partial charge < -0.3 is 5.32 Å². The summed E-state index contributed by atoms with van der Waals surface area (Å²) in [6.07, 6.45) is 4.65. The normalized spacial score (nSPS) is 10.7. The van der Waals surface area contributed by atoms with Crippen LogP contribution in [0.4, 0.5) is 5.69 Å². The summed E-state index contributed by atoms with van der Waals surface area (Å²) in [4.78, 5) is 16.4. The van der Waals surface area contributed by atoms with Crippen molar-refractivity contribution in [2.75, 3.05) is 5.32 Å². The first-order valence-electron chi connectivity index (χ1n) is 5.35. The minimum absolute atomic E-state index is 0.131. The molecule has 0 aliphatic carbocycles. The van der Waals surface area contributed by atoms with Gasteiger partial charge in [0.2, 0.25) is 5.91 Å². The van der Waals surface area contributed by atoms with Gasteiger partial charge in [-0.15, -0.1) is 0 Å². The molecule has 2 N–H and O–H groups in total. The van der Waals surface area contributed by atoms with E-state index in [1.54, 1.807) is 13.0 Å². The number of H-pyrrole nitrogens is 1. The summed E-state index contributed by atoms with van der Waals surface area (Å²) >= 11 is 1.48. The Balaban J connectivity index is 1.99. The molecule has 5 nitrogen and oxygen atoms in total. The number of anilines is 1. The Morgan fingerprint density at radius 1 is 1.39 bits per heavy atom. The average molecular weight is 260 g/mol. The number of nitrogens with zero attached hydrogens (tertiary/aromatic N) is 2. The van der Waals surface area contributed by atoms with Crippen LogP contribution < -0.4 is 5.32 Å². The molecule has 0 radical (unpaired) electrons. The van der Waals surface area contributed by atoms with Gasteiger partial charge in [-0.25, -0.2) is 4.98 Å². The van der Waals surface area contributed by atoms with E-state index in [1.165, 1.54) is 24.2 Å². The lowest BCUT2D eigenvalue weighted by Gasteiger charge is -2.03. The number of benzene rings is 1. The first kappa shape index (κ1) is 12.4. The molecule has 0 atom stereocenters. The molecule has 2 rings (SSSR count). The maximum absolute atomic E-state index is 11.3. The number of hydrogen-bond donors (Lipinski definition) is 2. The van der Waals surface area contributed by atoms with Gasteiger partial charge in [0.1, 0.15) is 6.33 Å². The maximum Gasteiger partial charge on any atom is 0.248 e. The second-order valence-electron chi connectivity index (χ2n) is 3.41. The Morgan fingerprint density at radius 3 is 2.78 bits per heavy atom. The van der Waals surface area contributed by atoms with E-state index in [9.17, 15) is 4.79 Å². The quantitative estimate of drug-likeness (QED) is 0.828. The van der Waals surface area contributed by atoms with E-state index in [0.717, 1.165) is 15.7 Å². The zero-order valence-corrected chi connectivity index (χ0v) is 10.6. The number of rotatable bonds is 4. The second kappa shape index (κ2) is 6.02. The molecule has 18 heavy (non-hydrogen) atoms. The molecular formula is C12H12N4OS. The Morgan fingerprint density at radius 2 is 2.17 bits per heavy atom. The van der Waals surface area contributed by atoms with Gasteiger partial charge in [0.05, 0.1) is 0 Å². The molecule has 92 valence electrons. The highest BCUT2D eigenvalue weighted by Gasteiger charge is 2.01. The fourth-order valence-corrected chi connectivity index (χ4v) is 1.99. The summed E-state index contributed by atoms with van der Waals surface area (Å²) in [5.74, 6) is -0.131. The van der Waals surface area contributed by atoms with Gasteiger partial charge in [-0.05, 0) is 37.3 Å². The number of hydrogen-bond acceptors (Lipinski definition) is 4. The van der Waals surface area contributed by atoms with Crippen LogP contribution in [0.3, 0.4) is 0 Å². The van der Waals surface area contributed by atoms with Gasteiger partial charge in [-0.1, -0.05) is 17.8 Å². The van der Waals surface area contributed by atoms with Crippen LogP contribution in [-0.4, -0.2) is 21.1 Å². The fraction of sp³-hybridized carbons (Fsp3) is 0.0833. The van der Waals surface area contributed by atoms with E-state index < -0.39 is 0 Å². The monoisotopic (exact) mass is 260 g/mol. The predicted octanol–water partition coefficient (Wildman–Crippen LogP) is 2.47. The van der Waals surface area contributed by atoms with Crippen molar-refractivity contribution in [3.05, 3.63) is 42.7 Å². The zero-order chi connectivity index (χ0) is 12.8. The first-order chi connectivity index (χ1) is 8.78. The summed E-state index contributed by atoms with van der Waals surface area (Å²) in [6, 6.07) is 7.52. The van der Waals surface area contributed by atoms with Gasteiger partial charge in [0, 0.05) is 10.6 Å². The van der Waals surface area contributed by atoms with Gasteiger partial charge in [0.15, 0.2) is 5.16 Å². The number of amides is 1. The van der Waals surface area contributed by atoms with Crippen molar-refractivity contribution in [3.8, 4) is 0 Å². The summed E-state index contributed by atoms with van der Waals surface area (Å²) in [5.41, 5.74) is 0.764. The Kier molecular flexibility index (Phi) is 4.14. The van der Waals surface area contributed by atoms with Crippen LogP contribution in [0.1, 0.15) is 6.92 Å². The van der Waals surface area contributed by atoms with Gasteiger partial charge in [0.25, 0.3) is 0 Å². The van der Waals surface area contributed by atoms with Crippen LogP contribution in [0.5, 0.6) is 0 Å². The molecule has 1 amide bonds. The summed E-state index contributed by atoms with van der Waals surface area (Å²) in [7, 11) is 0.